The van der Waals surface area contributed by atoms with Crippen LogP contribution in [0.5, 0.6) is 5.75 Å². The zero-order valence-corrected chi connectivity index (χ0v) is 10.1. The molecule has 0 aliphatic rings. The number of aromatic hydroxyl groups is 1. The number of phenolic OH excluding ortho intramolecular Hbond substituents is 1. The Kier molecular flexibility index (Phi) is 3.19. The smallest absolute Gasteiger partial charge is 0.269 e. The van der Waals surface area contributed by atoms with Gasteiger partial charge in [0.1, 0.15) is 11.5 Å². The number of fused-ring (bicyclic) bond motifs is 1. The van der Waals surface area contributed by atoms with Crippen molar-refractivity contribution in [1.29, 1.82) is 0 Å². The Hall–Kier alpha value is -1.73. The Labute approximate surface area is 106 Å². The van der Waals surface area contributed by atoms with Gasteiger partial charge in [0, 0.05) is 11.1 Å². The predicted octanol–water partition coefficient (Wildman–Crippen LogP) is 1.43. The van der Waals surface area contributed by atoms with Gasteiger partial charge in [-0.2, -0.15) is 8.42 Å². The minimum Gasteiger partial charge on any atom is -0.507 e. The van der Waals surface area contributed by atoms with Crippen LogP contribution in [0.2, 0.25) is 0 Å². The van der Waals surface area contributed by atoms with E-state index in [-0.39, 0.29) is 5.75 Å². The average molecular weight is 263 g/mol. The van der Waals surface area contributed by atoms with Crippen molar-refractivity contribution in [2.24, 2.45) is 0 Å². The summed E-state index contributed by atoms with van der Waals surface area (Å²) in [5.41, 5.74) is 0.833. The highest BCUT2D eigenvalue weighted by Crippen LogP contribution is 2.33. The summed E-state index contributed by atoms with van der Waals surface area (Å²) in [6.45, 7) is 0. The zero-order chi connectivity index (χ0) is 13.3. The van der Waals surface area contributed by atoms with Crippen LogP contribution < -0.4 is 5.23 Å². The molecule has 18 heavy (non-hydrogen) atoms. The predicted molar refractivity (Wildman–Crippen MR) is 70.2 cm³/mol. The van der Waals surface area contributed by atoms with Gasteiger partial charge in [-0.25, -0.2) is 0 Å². The average Bonchev–Trinajstić information content (AvgIpc) is 2.25. The Morgan fingerprint density at radius 1 is 1.28 bits per heavy atom. The molecule has 0 spiro atoms. The molecule has 0 amide bonds. The van der Waals surface area contributed by atoms with Gasteiger partial charge in [0.25, 0.3) is 10.1 Å². The summed E-state index contributed by atoms with van der Waals surface area (Å²) in [5, 5.41) is 13.5. The molecule has 2 aromatic rings. The molecule has 92 valence electrons. The second-order valence-corrected chi connectivity index (χ2v) is 5.34. The number of rotatable bonds is 3. The van der Waals surface area contributed by atoms with Crippen LogP contribution in [0.25, 0.3) is 10.8 Å². The zero-order valence-electron chi connectivity index (χ0n) is 9.29. The summed E-state index contributed by atoms with van der Waals surface area (Å²) in [7, 11) is 1.20. The van der Waals surface area contributed by atoms with Crippen molar-refractivity contribution >= 4 is 34.6 Å². The maximum absolute atomic E-state index is 10.8. The molecule has 0 unspecified atom stereocenters. The van der Waals surface area contributed by atoms with Crippen molar-refractivity contribution < 1.29 is 18.1 Å². The van der Waals surface area contributed by atoms with E-state index in [0.29, 0.717) is 22.0 Å². The van der Waals surface area contributed by atoms with Crippen molar-refractivity contribution in [2.45, 2.75) is 5.75 Å². The van der Waals surface area contributed by atoms with Crippen LogP contribution in [0.3, 0.4) is 0 Å². The van der Waals surface area contributed by atoms with Crippen molar-refractivity contribution in [1.82, 2.24) is 0 Å². The Bertz CT molecular complexity index is 700. The van der Waals surface area contributed by atoms with E-state index < -0.39 is 15.9 Å². The Morgan fingerprint density at radius 3 is 2.61 bits per heavy atom. The van der Waals surface area contributed by atoms with Gasteiger partial charge in [-0.3, -0.25) is 4.55 Å². The summed E-state index contributed by atoms with van der Waals surface area (Å²) in [6, 6.07) is 7.97. The van der Waals surface area contributed by atoms with E-state index >= 15 is 0 Å². The molecule has 0 aliphatic heterocycles. The first-order valence-electron chi connectivity index (χ1n) is 5.07. The number of hydrogen-bond acceptors (Lipinski definition) is 4. The first-order valence-corrected chi connectivity index (χ1v) is 6.68. The van der Waals surface area contributed by atoms with E-state index in [9.17, 15) is 13.5 Å². The van der Waals surface area contributed by atoms with Gasteiger partial charge >= 0.3 is 0 Å². The molecule has 0 aliphatic carbocycles. The van der Waals surface area contributed by atoms with Crippen molar-refractivity contribution in [2.75, 3.05) is 5.23 Å². The van der Waals surface area contributed by atoms with Gasteiger partial charge < -0.3 is 10.3 Å². The third kappa shape index (κ3) is 2.57. The Morgan fingerprint density at radius 2 is 2.00 bits per heavy atom. The van der Waals surface area contributed by atoms with Crippen LogP contribution in [0, 0.1) is 0 Å². The maximum Gasteiger partial charge on any atom is 0.269 e. The van der Waals surface area contributed by atoms with Gasteiger partial charge in [0.15, 0.2) is 0 Å². The highest BCUT2D eigenvalue weighted by Gasteiger charge is 2.11. The number of anilines is 1. The second kappa shape index (κ2) is 4.51. The third-order valence-electron chi connectivity index (χ3n) is 2.52. The van der Waals surface area contributed by atoms with E-state index in [1.54, 1.807) is 24.3 Å². The maximum atomic E-state index is 10.8. The summed E-state index contributed by atoms with van der Waals surface area (Å²) in [6.07, 6.45) is 0. The van der Waals surface area contributed by atoms with E-state index in [0.717, 1.165) is 0 Å². The molecule has 7 heteroatoms. The van der Waals surface area contributed by atoms with E-state index in [1.165, 1.54) is 6.07 Å². The summed E-state index contributed by atoms with van der Waals surface area (Å²) in [5.74, 6) is -0.642. The van der Waals surface area contributed by atoms with Crippen molar-refractivity contribution in [3.8, 4) is 5.75 Å². The van der Waals surface area contributed by atoms with Gasteiger partial charge in [-0.15, -0.1) is 0 Å². The number of phenols is 1. The Balaban J connectivity index is 2.64. The molecular weight excluding hydrogens is 253 g/mol. The highest BCUT2D eigenvalue weighted by atomic mass is 32.2. The molecular formula is C11H10BNO4S. The lowest BCUT2D eigenvalue weighted by Crippen LogP contribution is -2.01. The molecule has 0 fully saturated rings. The normalized spacial score (nSPS) is 11.6. The van der Waals surface area contributed by atoms with Crippen LogP contribution in [0.4, 0.5) is 5.69 Å². The molecule has 5 nitrogen and oxygen atoms in total. The molecule has 2 radical (unpaired) electrons. The number of nitrogens with one attached hydrogen (secondary N) is 1. The minimum absolute atomic E-state index is 0.0975. The first kappa shape index (κ1) is 12.7. The SMILES string of the molecule is [B]Nc1cccc2cc(CS(=O)(=O)O)cc(O)c12. The molecule has 2 rings (SSSR count). The quantitative estimate of drug-likeness (QED) is 0.576. The van der Waals surface area contributed by atoms with Crippen LogP contribution in [-0.2, 0) is 15.9 Å². The molecule has 0 aromatic heterocycles. The van der Waals surface area contributed by atoms with Crippen LogP contribution in [0.15, 0.2) is 30.3 Å². The van der Waals surface area contributed by atoms with Crippen LogP contribution >= 0.6 is 0 Å². The highest BCUT2D eigenvalue weighted by molar-refractivity contribution is 7.85. The van der Waals surface area contributed by atoms with Crippen molar-refractivity contribution in [3.05, 3.63) is 35.9 Å². The van der Waals surface area contributed by atoms with Crippen LogP contribution in [-0.4, -0.2) is 26.1 Å². The van der Waals surface area contributed by atoms with Gasteiger partial charge in [0.05, 0.1) is 0 Å². The molecule has 0 heterocycles. The summed E-state index contributed by atoms with van der Waals surface area (Å²) < 4.78 is 30.4. The van der Waals surface area contributed by atoms with Crippen LogP contribution in [0.1, 0.15) is 5.56 Å². The second-order valence-electron chi connectivity index (χ2n) is 3.89. The monoisotopic (exact) mass is 263 g/mol. The van der Waals surface area contributed by atoms with Crippen molar-refractivity contribution in [3.63, 3.8) is 0 Å². The van der Waals surface area contributed by atoms with Gasteiger partial charge in [-0.1, -0.05) is 12.1 Å². The molecule has 0 saturated carbocycles. The number of benzene rings is 2. The van der Waals surface area contributed by atoms with Gasteiger partial charge in [0.2, 0.25) is 7.98 Å². The molecule has 0 bridgehead atoms. The minimum atomic E-state index is -4.13. The first-order chi connectivity index (χ1) is 8.40. The van der Waals surface area contributed by atoms with E-state index in [1.807, 2.05) is 0 Å². The lowest BCUT2D eigenvalue weighted by molar-refractivity contribution is 0.479. The molecule has 0 atom stereocenters. The molecule has 3 N–H and O–H groups in total. The largest absolute Gasteiger partial charge is 0.507 e. The van der Waals surface area contributed by atoms with E-state index in [4.69, 9.17) is 12.5 Å². The fraction of sp³-hybridized carbons (Fsp3) is 0.0909. The summed E-state index contributed by atoms with van der Waals surface area (Å²) >= 11 is 0. The lowest BCUT2D eigenvalue weighted by atomic mass is 10.0. The third-order valence-corrected chi connectivity index (χ3v) is 3.22. The molecule has 0 saturated heterocycles. The summed E-state index contributed by atoms with van der Waals surface area (Å²) in [4.78, 5) is 0. The fourth-order valence-electron chi connectivity index (χ4n) is 1.88. The molecule has 2 aromatic carbocycles. The lowest BCUT2D eigenvalue weighted by Gasteiger charge is -2.10. The fourth-order valence-corrected chi connectivity index (χ4v) is 2.47. The standard InChI is InChI=1S/C11H10BNO4S/c12-13-9-3-1-2-8-4-7(6-18(15,16)17)5-10(14)11(8)9/h1-5,13-14H,6H2,(H,15,16,17). The van der Waals surface area contributed by atoms with Gasteiger partial charge in [-0.05, 0) is 29.1 Å². The number of hydrogen-bond donors (Lipinski definition) is 3. The topological polar surface area (TPSA) is 86.6 Å². The van der Waals surface area contributed by atoms with E-state index in [2.05, 4.69) is 5.23 Å².